The van der Waals surface area contributed by atoms with Gasteiger partial charge < -0.3 is 242 Å². The summed E-state index contributed by atoms with van der Waals surface area (Å²) in [5.74, 6) is 0. The molecule has 632 valence electrons. The summed E-state index contributed by atoms with van der Waals surface area (Å²) < 4.78 is 129. The fourth-order valence-corrected chi connectivity index (χ4v) is 14.0. The van der Waals surface area contributed by atoms with Crippen molar-refractivity contribution in [2.75, 3.05) is 79.3 Å². The number of aliphatic hydroxyl groups is 26. The zero-order chi connectivity index (χ0) is 78.5. The molecule has 48 atom stereocenters. The van der Waals surface area contributed by atoms with Crippen LogP contribution in [-0.4, -0.2) is 507 Å². The Morgan fingerprint density at radius 1 is 0.183 bits per heavy atom. The van der Waals surface area contributed by atoms with Gasteiger partial charge in [0.05, 0.1) is 79.3 Å². The molecule has 0 spiro atoms. The Morgan fingerprint density at radius 2 is 0.376 bits per heavy atom. The lowest BCUT2D eigenvalue weighted by Gasteiger charge is -2.46. The van der Waals surface area contributed by atoms with Gasteiger partial charge in [0.25, 0.3) is 0 Å². The average molecular weight is 1600 g/mol. The van der Waals surface area contributed by atoms with Gasteiger partial charge in [0, 0.05) is 0 Å². The van der Waals surface area contributed by atoms with E-state index in [1.165, 1.54) is 0 Å². The van der Waals surface area contributed by atoms with Gasteiger partial charge in [-0.3, -0.25) is 0 Å². The van der Waals surface area contributed by atoms with Crippen molar-refractivity contribution < 1.29 is 242 Å². The van der Waals surface area contributed by atoms with Crippen LogP contribution in [0.25, 0.3) is 0 Å². The van der Waals surface area contributed by atoms with Crippen LogP contribution in [0.1, 0.15) is 0 Å². The Balaban J connectivity index is 0.545. The molecule has 0 aromatic rings. The minimum atomic E-state index is -2.01. The van der Waals surface area contributed by atoms with Crippen LogP contribution in [0, 0.1) is 0 Å². The van der Waals surface area contributed by atoms with E-state index in [0.717, 1.165) is 0 Å². The van der Waals surface area contributed by atoms with Gasteiger partial charge in [-0.2, -0.15) is 0 Å². The Labute approximate surface area is 614 Å². The minimum absolute atomic E-state index is 0.407. The highest BCUT2D eigenvalue weighted by atomic mass is 16.8. The predicted molar refractivity (Wildman–Crippen MR) is 323 cm³/mol. The molecule has 26 N–H and O–H groups in total. The second-order valence-electron chi connectivity index (χ2n) is 28.1. The molecule has 12 saturated heterocycles. The Morgan fingerprint density at radius 3 is 0.606 bits per heavy atom. The van der Waals surface area contributed by atoms with E-state index >= 15 is 0 Å². The second kappa shape index (κ2) is 37.3. The summed E-state index contributed by atoms with van der Waals surface area (Å²) in [6.45, 7) is -7.15. The maximum Gasteiger partial charge on any atom is 0.187 e. The van der Waals surface area contributed by atoms with Crippen LogP contribution >= 0.6 is 0 Å². The smallest absolute Gasteiger partial charge is 0.187 e. The van der Waals surface area contributed by atoms with Crippen molar-refractivity contribution in [2.24, 2.45) is 0 Å². The first-order valence-corrected chi connectivity index (χ1v) is 35.1. The van der Waals surface area contributed by atoms with Crippen molar-refractivity contribution in [3.63, 3.8) is 0 Å². The molecule has 0 aromatic carbocycles. The SMILES string of the molecule is OC[C@@H]1O[C@@H](OC2[C@H](O[C@@H]3CO[C@H](O[C@@H]4CO[C@H](O[C@@H]5CO[C@H](O[C@@H]6CO[C@H](O[C@@H]7CO[C@H](O[C@@H]8CO[C@H](O[C@@H]9CO[C@H](O[C@@H]%10CO[C@@H](O[C@@H]%11CO[C@@H](O)C(O)[C@H]%11O)C(O)[C@H]%10O)C(O)[C@H]9O)C(O)[C@H]8O)C(O)[C@H]7O)C(O)[C@H]6O)C(O)[C@H]5O)C(O)[C@H]4O)C(O)[C@H]3O)OC[C@@H](O)[C@@H]2O[C@@H]2O[C@@H](CO)[C@@H](O)C2O)C(O)[C@@H]1O. The third kappa shape index (κ3) is 18.7. The van der Waals surface area contributed by atoms with Crippen molar-refractivity contribution in [1.29, 1.82) is 0 Å². The van der Waals surface area contributed by atoms with Crippen LogP contribution in [0.15, 0.2) is 0 Å². The van der Waals surface area contributed by atoms with Crippen molar-refractivity contribution >= 4 is 0 Å². The first-order chi connectivity index (χ1) is 51.9. The number of hydrogen-bond acceptors (Lipinski definition) is 49. The molecule has 12 unspecified atom stereocenters. The maximum absolute atomic E-state index is 11.3. The number of hydrogen-bond donors (Lipinski definition) is 26. The Bertz CT molecular complexity index is 2790. The Hall–Kier alpha value is -1.96. The number of ether oxygens (including phenoxy) is 23. The van der Waals surface area contributed by atoms with Crippen molar-refractivity contribution in [3.8, 4) is 0 Å². The summed E-state index contributed by atoms with van der Waals surface area (Å²) in [6, 6.07) is 0. The van der Waals surface area contributed by atoms with Gasteiger partial charge in [0.2, 0.25) is 0 Å². The minimum Gasteiger partial charge on any atom is -0.394 e. The normalized spacial score (nSPS) is 54.6. The van der Waals surface area contributed by atoms with Gasteiger partial charge >= 0.3 is 0 Å². The number of rotatable bonds is 24. The topological polar surface area (TPSA) is 738 Å². The number of aliphatic hydroxyl groups excluding tert-OH is 26. The van der Waals surface area contributed by atoms with E-state index in [9.17, 15) is 133 Å². The lowest BCUT2D eigenvalue weighted by Crippen LogP contribution is -2.64. The molecule has 12 aliphatic heterocycles. The Kier molecular flexibility index (Phi) is 29.6. The van der Waals surface area contributed by atoms with Gasteiger partial charge in [-0.1, -0.05) is 0 Å². The zero-order valence-corrected chi connectivity index (χ0v) is 57.2. The van der Waals surface area contributed by atoms with Gasteiger partial charge in [0.15, 0.2) is 75.5 Å². The van der Waals surface area contributed by atoms with E-state index in [2.05, 4.69) is 0 Å². The van der Waals surface area contributed by atoms with Crippen molar-refractivity contribution in [2.45, 2.75) is 295 Å². The first-order valence-electron chi connectivity index (χ1n) is 35.1. The molecule has 0 amide bonds. The molecular formula is C60H98O49. The predicted octanol–water partition coefficient (Wildman–Crippen LogP) is -19.5. The molecule has 12 rings (SSSR count). The summed E-state index contributed by atoms with van der Waals surface area (Å²) in [5, 5.41) is 279. The summed E-state index contributed by atoms with van der Waals surface area (Å²) in [6.07, 6.45) is -82.3. The van der Waals surface area contributed by atoms with E-state index in [-0.39, 0.29) is 0 Å². The summed E-state index contributed by atoms with van der Waals surface area (Å²) >= 11 is 0. The quantitative estimate of drug-likeness (QED) is 0.0427. The summed E-state index contributed by atoms with van der Waals surface area (Å²) in [4.78, 5) is 0. The molecule has 109 heavy (non-hydrogen) atoms. The molecule has 0 radical (unpaired) electrons. The van der Waals surface area contributed by atoms with E-state index in [1.807, 2.05) is 0 Å². The highest BCUT2D eigenvalue weighted by molar-refractivity contribution is 4.99. The van der Waals surface area contributed by atoms with E-state index in [4.69, 9.17) is 109 Å². The van der Waals surface area contributed by atoms with Gasteiger partial charge in [0.1, 0.15) is 220 Å². The molecule has 0 aromatic heterocycles. The fourth-order valence-electron chi connectivity index (χ4n) is 14.0. The maximum atomic E-state index is 11.3. The molecule has 12 fully saturated rings. The van der Waals surface area contributed by atoms with Gasteiger partial charge in [-0.15, -0.1) is 0 Å². The van der Waals surface area contributed by atoms with E-state index in [1.54, 1.807) is 0 Å². The van der Waals surface area contributed by atoms with E-state index in [0.29, 0.717) is 0 Å². The molecule has 0 aliphatic carbocycles. The molecular weight excluding hydrogens is 1500 g/mol. The third-order valence-corrected chi connectivity index (χ3v) is 20.7. The largest absolute Gasteiger partial charge is 0.394 e. The highest BCUT2D eigenvalue weighted by Gasteiger charge is 2.58. The molecule has 12 aliphatic rings. The molecule has 0 saturated carbocycles. The van der Waals surface area contributed by atoms with E-state index < -0.39 is 375 Å². The van der Waals surface area contributed by atoms with Crippen LogP contribution in [0.2, 0.25) is 0 Å². The third-order valence-electron chi connectivity index (χ3n) is 20.7. The summed E-state index contributed by atoms with van der Waals surface area (Å²) in [7, 11) is 0. The molecule has 0 bridgehead atoms. The molecule has 12 heterocycles. The van der Waals surface area contributed by atoms with Crippen molar-refractivity contribution in [3.05, 3.63) is 0 Å². The van der Waals surface area contributed by atoms with Crippen LogP contribution < -0.4 is 0 Å². The molecule has 49 nitrogen and oxygen atoms in total. The highest BCUT2D eigenvalue weighted by Crippen LogP contribution is 2.38. The van der Waals surface area contributed by atoms with Gasteiger partial charge in [-0.05, 0) is 0 Å². The van der Waals surface area contributed by atoms with Crippen LogP contribution in [-0.2, 0) is 109 Å². The van der Waals surface area contributed by atoms with Crippen molar-refractivity contribution in [1.82, 2.24) is 0 Å². The monoisotopic (exact) mass is 1600 g/mol. The van der Waals surface area contributed by atoms with Gasteiger partial charge in [-0.25, -0.2) is 0 Å². The van der Waals surface area contributed by atoms with Crippen LogP contribution in [0.3, 0.4) is 0 Å². The fraction of sp³-hybridized carbons (Fsp3) is 1.00. The lowest BCUT2D eigenvalue weighted by molar-refractivity contribution is -0.373. The standard InChI is InChI=1S/C60H98O49/c61-1-14-25(64)45(84)58(97-14)108-47-13(63)3-88-60(48(47)109-59-46(85)26(65)15(2-62)98-59)107-24-12-96-57(44(83)35(24)74)106-23-11-95-56(43(82)34(23)73)105-22-10-94-55(42(81)33(22)72)104-21-9-93-54(41(80)32(21)71)103-20-8-92-53(40(79)31(20)70)102-19-7-91-52(39(78)30(19)69)101-18-6-90-51(38(77)29(18)68)100-17-5-89-50(37(76)28(17)67)99-16-4-87-49(86)36(75)27(16)66/h13-86H,1-12H2/t13-,14+,15+,16-,17-,18-,19-,20-,21-,22-,23-,24-,25-,26-,27+,28+,29+,30+,31+,32+,33+,34+,35+,36?,37?,38?,39?,40?,41?,42?,43?,44?,45?,46?,47+,48?,49-,50+,51-,52-,53-,54-,55-,56-,57-,58+,59+,60+/m1/s1. The lowest BCUT2D eigenvalue weighted by atomic mass is 10.0. The first kappa shape index (κ1) is 86.4. The van der Waals surface area contributed by atoms with Crippen LogP contribution in [0.4, 0.5) is 0 Å². The van der Waals surface area contributed by atoms with Crippen LogP contribution in [0.5, 0.6) is 0 Å². The zero-order valence-electron chi connectivity index (χ0n) is 57.2. The summed E-state index contributed by atoms with van der Waals surface area (Å²) in [5.41, 5.74) is 0. The average Bonchev–Trinajstić information content (AvgIpc) is 1.13. The second-order valence-corrected chi connectivity index (χ2v) is 28.1. The molecule has 49 heteroatoms.